The molecule has 0 spiro atoms. The highest BCUT2D eigenvalue weighted by atomic mass is 32.2. The zero-order valence-electron chi connectivity index (χ0n) is 10.2. The Balaban J connectivity index is 1.90. The Morgan fingerprint density at radius 3 is 2.32 bits per heavy atom. The van der Waals surface area contributed by atoms with Crippen molar-refractivity contribution in [1.29, 1.82) is 5.26 Å². The monoisotopic (exact) mass is 280 g/mol. The molecule has 0 amide bonds. The van der Waals surface area contributed by atoms with Gasteiger partial charge in [0, 0.05) is 16.7 Å². The Morgan fingerprint density at radius 1 is 1.16 bits per heavy atom. The van der Waals surface area contributed by atoms with Gasteiger partial charge in [0.2, 0.25) is 0 Å². The van der Waals surface area contributed by atoms with E-state index in [2.05, 4.69) is 11.4 Å². The fraction of sp³-hybridized carbons (Fsp3) is 0.462. The zero-order chi connectivity index (χ0) is 13.8. The first-order valence-electron chi connectivity index (χ1n) is 6.01. The highest BCUT2D eigenvalue weighted by Crippen LogP contribution is 2.23. The van der Waals surface area contributed by atoms with Crippen molar-refractivity contribution in [2.24, 2.45) is 0 Å². The van der Waals surface area contributed by atoms with E-state index in [9.17, 15) is 10.2 Å². The van der Waals surface area contributed by atoms with Gasteiger partial charge in [0.1, 0.15) is 0 Å². The smallest absolute Gasteiger partial charge is 0.0991 e. The Hall–Kier alpha value is -1.10. The minimum atomic E-state index is -0.934. The van der Waals surface area contributed by atoms with Gasteiger partial charge in [-0.25, -0.2) is 0 Å². The van der Waals surface area contributed by atoms with Crippen molar-refractivity contribution in [3.8, 4) is 6.07 Å². The predicted molar refractivity (Wildman–Crippen MR) is 71.7 cm³/mol. The van der Waals surface area contributed by atoms with Gasteiger partial charge in [0.25, 0.3) is 0 Å². The highest BCUT2D eigenvalue weighted by molar-refractivity contribution is 7.99. The number of hydrogen-bond acceptors (Lipinski definition) is 6. The van der Waals surface area contributed by atoms with Crippen LogP contribution in [0.5, 0.6) is 0 Å². The summed E-state index contributed by atoms with van der Waals surface area (Å²) in [6, 6.07) is 8.52. The van der Waals surface area contributed by atoms with Gasteiger partial charge in [-0.1, -0.05) is 0 Å². The quantitative estimate of drug-likeness (QED) is 0.566. The van der Waals surface area contributed by atoms with Crippen molar-refractivity contribution in [1.82, 2.24) is 5.32 Å². The summed E-state index contributed by atoms with van der Waals surface area (Å²) in [5.41, 5.74) is 0.610. The average Bonchev–Trinajstić information content (AvgIpc) is 2.73. The Bertz CT molecular complexity index is 460. The normalized spacial score (nSPS) is 30.2. The number of rotatable bonds is 4. The molecule has 4 atom stereocenters. The number of nitrogens with one attached hydrogen (secondary N) is 1. The molecule has 4 N–H and O–H groups in total. The molecule has 1 aliphatic heterocycles. The molecule has 0 radical (unpaired) electrons. The maximum absolute atomic E-state index is 9.84. The molecular weight excluding hydrogens is 264 g/mol. The first-order valence-corrected chi connectivity index (χ1v) is 7.00. The first kappa shape index (κ1) is 14.3. The third-order valence-electron chi connectivity index (χ3n) is 3.21. The van der Waals surface area contributed by atoms with Crippen LogP contribution in [0.2, 0.25) is 0 Å². The van der Waals surface area contributed by atoms with Crippen molar-refractivity contribution >= 4 is 11.8 Å². The number of thioether (sulfide) groups is 1. The van der Waals surface area contributed by atoms with Crippen molar-refractivity contribution in [3.63, 3.8) is 0 Å². The first-order chi connectivity index (χ1) is 9.15. The number of aliphatic hydroxyl groups is 3. The van der Waals surface area contributed by atoms with Crippen LogP contribution in [0, 0.1) is 11.3 Å². The van der Waals surface area contributed by atoms with Gasteiger partial charge in [-0.15, -0.1) is 11.8 Å². The largest absolute Gasteiger partial charge is 0.395 e. The fourth-order valence-corrected chi connectivity index (χ4v) is 3.06. The van der Waals surface area contributed by atoms with E-state index < -0.39 is 18.2 Å². The summed E-state index contributed by atoms with van der Waals surface area (Å²) in [5, 5.41) is 40.3. The van der Waals surface area contributed by atoms with Crippen molar-refractivity contribution in [3.05, 3.63) is 29.8 Å². The van der Waals surface area contributed by atoms with E-state index in [1.165, 1.54) is 11.8 Å². The third-order valence-corrected chi connectivity index (χ3v) is 4.34. The minimum Gasteiger partial charge on any atom is -0.395 e. The summed E-state index contributed by atoms with van der Waals surface area (Å²) in [6.07, 6.45) is -1.81. The molecular formula is C13H16N2O3S. The van der Waals surface area contributed by atoms with E-state index in [0.717, 1.165) is 4.90 Å². The van der Waals surface area contributed by atoms with Gasteiger partial charge in [0.15, 0.2) is 0 Å². The minimum absolute atomic E-state index is 0.198. The van der Waals surface area contributed by atoms with E-state index in [1.807, 2.05) is 12.1 Å². The lowest BCUT2D eigenvalue weighted by Crippen LogP contribution is -2.37. The summed E-state index contributed by atoms with van der Waals surface area (Å²) in [7, 11) is 0. The average molecular weight is 280 g/mol. The lowest BCUT2D eigenvalue weighted by atomic mass is 10.1. The molecule has 1 aromatic rings. The maximum Gasteiger partial charge on any atom is 0.0991 e. The summed E-state index contributed by atoms with van der Waals surface area (Å²) in [4.78, 5) is 0.995. The standard InChI is InChI=1S/C13H16N2O3S/c14-5-8-1-3-9(4-2-8)19-7-11-13(18)12(17)10(6-16)15-11/h1-4,10-13,15-18H,6-7H2/t10-,11+,12-,13-/m1/s1. The maximum atomic E-state index is 9.84. The van der Waals surface area contributed by atoms with Gasteiger partial charge >= 0.3 is 0 Å². The summed E-state index contributed by atoms with van der Waals surface area (Å²) in [5.74, 6) is 0.584. The topological polar surface area (TPSA) is 96.5 Å². The number of hydrogen-bond donors (Lipinski definition) is 4. The number of benzene rings is 1. The van der Waals surface area contributed by atoms with Crippen LogP contribution in [0.25, 0.3) is 0 Å². The van der Waals surface area contributed by atoms with Gasteiger partial charge in [0.05, 0.1) is 36.5 Å². The highest BCUT2D eigenvalue weighted by Gasteiger charge is 2.40. The molecule has 0 aliphatic carbocycles. The lowest BCUT2D eigenvalue weighted by molar-refractivity contribution is 0.0219. The molecule has 1 heterocycles. The molecule has 6 heteroatoms. The van der Waals surface area contributed by atoms with Crippen molar-refractivity contribution < 1.29 is 15.3 Å². The Morgan fingerprint density at radius 2 is 1.79 bits per heavy atom. The van der Waals surface area contributed by atoms with Gasteiger partial charge in [-0.05, 0) is 24.3 Å². The molecule has 1 aromatic carbocycles. The molecule has 0 aromatic heterocycles. The van der Waals surface area contributed by atoms with Crippen LogP contribution in [0.4, 0.5) is 0 Å². The SMILES string of the molecule is N#Cc1ccc(SC[C@@H]2N[C@H](CO)[C@@H](O)[C@@H]2O)cc1. The van der Waals surface area contributed by atoms with Crippen LogP contribution in [-0.2, 0) is 0 Å². The van der Waals surface area contributed by atoms with Gasteiger partial charge < -0.3 is 20.6 Å². The van der Waals surface area contributed by atoms with Crippen LogP contribution in [0.3, 0.4) is 0 Å². The van der Waals surface area contributed by atoms with E-state index in [1.54, 1.807) is 12.1 Å². The van der Waals surface area contributed by atoms with Gasteiger partial charge in [-0.2, -0.15) is 5.26 Å². The van der Waals surface area contributed by atoms with E-state index in [0.29, 0.717) is 11.3 Å². The molecule has 102 valence electrons. The molecule has 1 aliphatic rings. The van der Waals surface area contributed by atoms with Gasteiger partial charge in [-0.3, -0.25) is 0 Å². The molecule has 1 saturated heterocycles. The van der Waals surface area contributed by atoms with Crippen LogP contribution in [0.1, 0.15) is 5.56 Å². The summed E-state index contributed by atoms with van der Waals surface area (Å²) in [6.45, 7) is -0.198. The van der Waals surface area contributed by atoms with Crippen LogP contribution >= 0.6 is 11.8 Å². The third kappa shape index (κ3) is 3.26. The van der Waals surface area contributed by atoms with Crippen LogP contribution in [-0.4, -0.2) is 52.0 Å². The number of aliphatic hydroxyl groups excluding tert-OH is 3. The molecule has 2 rings (SSSR count). The van der Waals surface area contributed by atoms with Crippen LogP contribution in [0.15, 0.2) is 29.2 Å². The number of nitriles is 1. The van der Waals surface area contributed by atoms with Crippen molar-refractivity contribution in [2.75, 3.05) is 12.4 Å². The van der Waals surface area contributed by atoms with E-state index in [4.69, 9.17) is 10.4 Å². The Labute approximate surface area is 115 Å². The summed E-state index contributed by atoms with van der Waals surface area (Å²) >= 11 is 1.53. The lowest BCUT2D eigenvalue weighted by Gasteiger charge is -2.15. The predicted octanol–water partition coefficient (Wildman–Crippen LogP) is -0.295. The number of nitrogens with zero attached hydrogens (tertiary/aromatic N) is 1. The fourth-order valence-electron chi connectivity index (χ4n) is 2.07. The molecule has 1 fully saturated rings. The molecule has 0 saturated carbocycles. The van der Waals surface area contributed by atoms with E-state index >= 15 is 0 Å². The molecule has 5 nitrogen and oxygen atoms in total. The van der Waals surface area contributed by atoms with Crippen molar-refractivity contribution in [2.45, 2.75) is 29.2 Å². The second kappa shape index (κ2) is 6.37. The molecule has 0 unspecified atom stereocenters. The van der Waals surface area contributed by atoms with E-state index in [-0.39, 0.29) is 12.6 Å². The molecule has 0 bridgehead atoms. The Kier molecular flexibility index (Phi) is 4.80. The second-order valence-electron chi connectivity index (χ2n) is 4.49. The molecule has 19 heavy (non-hydrogen) atoms. The zero-order valence-corrected chi connectivity index (χ0v) is 11.0. The van der Waals surface area contributed by atoms with Crippen LogP contribution < -0.4 is 5.32 Å². The summed E-state index contributed by atoms with van der Waals surface area (Å²) < 4.78 is 0. The second-order valence-corrected chi connectivity index (χ2v) is 5.58.